The number of anilines is 2. The van der Waals surface area contributed by atoms with Gasteiger partial charge in [-0.3, -0.25) is 4.90 Å². The van der Waals surface area contributed by atoms with Crippen molar-refractivity contribution >= 4 is 50.9 Å². The quantitative estimate of drug-likeness (QED) is 0.177. The van der Waals surface area contributed by atoms with E-state index in [2.05, 4.69) is 87.6 Å². The number of halogens is 1. The molecule has 0 radical (unpaired) electrons. The van der Waals surface area contributed by atoms with Crippen LogP contribution in [0.2, 0.25) is 5.02 Å². The van der Waals surface area contributed by atoms with Gasteiger partial charge in [0.15, 0.2) is 0 Å². The minimum atomic E-state index is 0.502. The number of ether oxygens (including phenoxy) is 1. The lowest BCUT2D eigenvalue weighted by Gasteiger charge is -2.38. The number of benzene rings is 3. The van der Waals surface area contributed by atoms with Crippen molar-refractivity contribution in [1.29, 1.82) is 0 Å². The van der Waals surface area contributed by atoms with E-state index in [0.29, 0.717) is 11.1 Å². The Morgan fingerprint density at radius 3 is 2.65 bits per heavy atom. The highest BCUT2D eigenvalue weighted by molar-refractivity contribution is 6.31. The molecule has 238 valence electrons. The van der Waals surface area contributed by atoms with Crippen LogP contribution in [0.4, 0.5) is 11.4 Å². The van der Waals surface area contributed by atoms with E-state index in [1.807, 2.05) is 24.3 Å². The maximum Gasteiger partial charge on any atom is 0.119 e. The van der Waals surface area contributed by atoms with Gasteiger partial charge in [-0.2, -0.15) is 0 Å². The van der Waals surface area contributed by atoms with Crippen LogP contribution in [-0.2, 0) is 0 Å². The summed E-state index contributed by atoms with van der Waals surface area (Å²) in [5.74, 6) is 0.831. The van der Waals surface area contributed by atoms with Gasteiger partial charge in [-0.25, -0.2) is 4.98 Å². The Hall–Kier alpha value is -3.84. The number of piperazine rings is 1. The molecule has 1 atom stereocenters. The molecular formula is C39H44ClN5O. The Kier molecular flexibility index (Phi) is 9.29. The molecule has 3 aromatic carbocycles. The normalized spacial score (nSPS) is 17.7. The van der Waals surface area contributed by atoms with Crippen LogP contribution in [-0.4, -0.2) is 73.7 Å². The molecule has 0 bridgehead atoms. The van der Waals surface area contributed by atoms with Crippen LogP contribution in [0.3, 0.4) is 0 Å². The number of methoxy groups -OCH3 is 1. The molecule has 1 N–H and O–H groups in total. The smallest absolute Gasteiger partial charge is 0.119 e. The molecule has 1 aromatic heterocycles. The summed E-state index contributed by atoms with van der Waals surface area (Å²) in [7, 11) is 1.71. The van der Waals surface area contributed by atoms with E-state index in [1.54, 1.807) is 7.11 Å². The maximum atomic E-state index is 6.33. The lowest BCUT2D eigenvalue weighted by Crippen LogP contribution is -2.50. The van der Waals surface area contributed by atoms with Crippen molar-refractivity contribution in [3.8, 4) is 5.75 Å². The van der Waals surface area contributed by atoms with Crippen LogP contribution < -0.4 is 15.0 Å². The standard InChI is InChI=1S/C39H44ClN5O/c1-28(18-19-41-39-33-16-14-31(40)26-36(33)42-35-17-15-32(46-2)27-34(35)39)44-24-22-43(23-25-44)20-7-21-45-37-10-5-3-8-29(37)12-13-30-9-4-6-11-38(30)45/h3,5-6,8,10-17,26-28H,4,7,9,18-25H2,1-2H3,(H,41,42). The summed E-state index contributed by atoms with van der Waals surface area (Å²) in [6.07, 6.45) is 13.8. The van der Waals surface area contributed by atoms with Gasteiger partial charge < -0.3 is 19.9 Å². The molecule has 0 amide bonds. The molecule has 4 aromatic rings. The predicted molar refractivity (Wildman–Crippen MR) is 194 cm³/mol. The number of hydrogen-bond acceptors (Lipinski definition) is 6. The number of pyridine rings is 1. The molecule has 1 aliphatic carbocycles. The monoisotopic (exact) mass is 633 g/mol. The zero-order chi connectivity index (χ0) is 31.5. The molecule has 0 spiro atoms. The van der Waals surface area contributed by atoms with E-state index in [-0.39, 0.29) is 0 Å². The summed E-state index contributed by atoms with van der Waals surface area (Å²) in [5, 5.41) is 6.63. The highest BCUT2D eigenvalue weighted by Gasteiger charge is 2.23. The number of nitrogens with one attached hydrogen (secondary N) is 1. The molecule has 1 fully saturated rings. The molecule has 3 aliphatic rings. The van der Waals surface area contributed by atoms with Crippen molar-refractivity contribution in [2.75, 3.05) is 63.1 Å². The number of allylic oxidation sites excluding steroid dienone is 4. The summed E-state index contributed by atoms with van der Waals surface area (Å²) in [4.78, 5) is 12.7. The van der Waals surface area contributed by atoms with Gasteiger partial charge >= 0.3 is 0 Å². The lowest BCUT2D eigenvalue weighted by molar-refractivity contribution is 0.0997. The summed E-state index contributed by atoms with van der Waals surface area (Å²) < 4.78 is 5.54. The Labute approximate surface area is 278 Å². The molecule has 1 saturated heterocycles. The highest BCUT2D eigenvalue weighted by atomic mass is 35.5. The summed E-state index contributed by atoms with van der Waals surface area (Å²) in [5.41, 5.74) is 8.44. The van der Waals surface area contributed by atoms with Crippen molar-refractivity contribution in [2.45, 2.75) is 38.6 Å². The Morgan fingerprint density at radius 1 is 0.913 bits per heavy atom. The number of para-hydroxylation sites is 1. The molecule has 0 saturated carbocycles. The molecular weight excluding hydrogens is 590 g/mol. The van der Waals surface area contributed by atoms with E-state index < -0.39 is 0 Å². The van der Waals surface area contributed by atoms with Gasteiger partial charge in [0.05, 0.1) is 23.8 Å². The zero-order valence-corrected chi connectivity index (χ0v) is 27.8. The van der Waals surface area contributed by atoms with Crippen LogP contribution in [0, 0.1) is 0 Å². The second-order valence-electron chi connectivity index (χ2n) is 12.7. The van der Waals surface area contributed by atoms with Gasteiger partial charge in [-0.1, -0.05) is 48.0 Å². The number of aromatic nitrogens is 1. The highest BCUT2D eigenvalue weighted by Crippen LogP contribution is 2.36. The Balaban J connectivity index is 0.930. The molecule has 6 nitrogen and oxygen atoms in total. The topological polar surface area (TPSA) is 43.9 Å². The summed E-state index contributed by atoms with van der Waals surface area (Å²) in [6.45, 7) is 9.93. The van der Waals surface area contributed by atoms with Crippen LogP contribution in [0.25, 0.3) is 27.9 Å². The summed E-state index contributed by atoms with van der Waals surface area (Å²) >= 11 is 6.33. The van der Waals surface area contributed by atoms with E-state index in [1.165, 1.54) is 22.5 Å². The third kappa shape index (κ3) is 6.52. The maximum absolute atomic E-state index is 6.33. The minimum Gasteiger partial charge on any atom is -0.497 e. The van der Waals surface area contributed by atoms with E-state index in [0.717, 1.165) is 105 Å². The average molecular weight is 634 g/mol. The van der Waals surface area contributed by atoms with Gasteiger partial charge in [-0.05, 0) is 98.8 Å². The van der Waals surface area contributed by atoms with Crippen LogP contribution in [0.5, 0.6) is 5.75 Å². The first-order valence-corrected chi connectivity index (χ1v) is 17.2. The third-order valence-electron chi connectivity index (χ3n) is 9.86. The van der Waals surface area contributed by atoms with Crippen molar-refractivity contribution in [3.63, 3.8) is 0 Å². The molecule has 7 rings (SSSR count). The van der Waals surface area contributed by atoms with E-state index >= 15 is 0 Å². The number of fused-ring (bicyclic) bond motifs is 3. The Bertz CT molecular complexity index is 1810. The van der Waals surface area contributed by atoms with Gasteiger partial charge in [0.1, 0.15) is 5.75 Å². The number of nitrogens with zero attached hydrogens (tertiary/aromatic N) is 4. The minimum absolute atomic E-state index is 0.502. The largest absolute Gasteiger partial charge is 0.497 e. The molecule has 2 aliphatic heterocycles. The van der Waals surface area contributed by atoms with E-state index in [4.69, 9.17) is 21.3 Å². The van der Waals surface area contributed by atoms with Gasteiger partial charge in [0, 0.05) is 72.5 Å². The fraction of sp³-hybridized carbons (Fsp3) is 0.359. The number of hydrogen-bond donors (Lipinski definition) is 1. The lowest BCUT2D eigenvalue weighted by atomic mass is 10.0. The third-order valence-corrected chi connectivity index (χ3v) is 10.1. The second-order valence-corrected chi connectivity index (χ2v) is 13.2. The average Bonchev–Trinajstić information content (AvgIpc) is 3.25. The summed E-state index contributed by atoms with van der Waals surface area (Å²) in [6, 6.07) is 21.3. The molecule has 1 unspecified atom stereocenters. The zero-order valence-electron chi connectivity index (χ0n) is 27.0. The second kappa shape index (κ2) is 13.9. The van der Waals surface area contributed by atoms with Gasteiger partial charge in [-0.15, -0.1) is 0 Å². The number of rotatable bonds is 10. The van der Waals surface area contributed by atoms with Gasteiger partial charge in [0.25, 0.3) is 0 Å². The Morgan fingerprint density at radius 2 is 1.78 bits per heavy atom. The predicted octanol–water partition coefficient (Wildman–Crippen LogP) is 8.39. The van der Waals surface area contributed by atoms with Gasteiger partial charge in [0.2, 0.25) is 0 Å². The molecule has 46 heavy (non-hydrogen) atoms. The van der Waals surface area contributed by atoms with Crippen molar-refractivity contribution in [2.24, 2.45) is 0 Å². The van der Waals surface area contributed by atoms with E-state index in [9.17, 15) is 0 Å². The van der Waals surface area contributed by atoms with Crippen LogP contribution >= 0.6 is 11.6 Å². The fourth-order valence-electron chi connectivity index (χ4n) is 7.22. The van der Waals surface area contributed by atoms with Crippen molar-refractivity contribution in [3.05, 3.63) is 101 Å². The first-order chi connectivity index (χ1) is 22.6. The SMILES string of the molecule is COc1ccc2nc3cc(Cl)ccc3c(NCCC(C)N3CCN(CCCN4C5=C(C=Cc6ccccc64)CCC=C5)CC3)c2c1. The van der Waals surface area contributed by atoms with Crippen molar-refractivity contribution < 1.29 is 4.74 Å². The van der Waals surface area contributed by atoms with Crippen LogP contribution in [0.15, 0.2) is 90.2 Å². The van der Waals surface area contributed by atoms with Crippen molar-refractivity contribution in [1.82, 2.24) is 14.8 Å². The first-order valence-electron chi connectivity index (χ1n) is 16.8. The fourth-order valence-corrected chi connectivity index (χ4v) is 7.39. The molecule has 3 heterocycles. The van der Waals surface area contributed by atoms with Crippen LogP contribution in [0.1, 0.15) is 38.2 Å². The molecule has 7 heteroatoms. The first kappa shape index (κ1) is 30.8.